The van der Waals surface area contributed by atoms with Gasteiger partial charge in [0.1, 0.15) is 11.9 Å². The summed E-state index contributed by atoms with van der Waals surface area (Å²) in [6, 6.07) is 15.8. The molecule has 2 aromatic rings. The number of rotatable bonds is 3. The molecule has 2 aliphatic carbocycles. The lowest BCUT2D eigenvalue weighted by Gasteiger charge is -2.49. The number of thioether (sulfide) groups is 1. The summed E-state index contributed by atoms with van der Waals surface area (Å²) in [5, 5.41) is 13.0. The maximum absolute atomic E-state index is 13.6. The van der Waals surface area contributed by atoms with Crippen molar-refractivity contribution in [2.75, 3.05) is 0 Å². The molecule has 0 unspecified atom stereocenters. The van der Waals surface area contributed by atoms with Crippen LogP contribution in [0.5, 0.6) is 0 Å². The van der Waals surface area contributed by atoms with Crippen molar-refractivity contribution in [2.45, 2.75) is 58.4 Å². The van der Waals surface area contributed by atoms with Gasteiger partial charge in [-0.2, -0.15) is 0 Å². The molecule has 1 N–H and O–H groups in total. The average Bonchev–Trinajstić information content (AvgIpc) is 2.87. The predicted octanol–water partition coefficient (Wildman–Crippen LogP) is 5.45. The Kier molecular flexibility index (Phi) is 6.44. The molecule has 4 atom stereocenters. The summed E-state index contributed by atoms with van der Waals surface area (Å²) in [6.07, 6.45) is 6.85. The van der Waals surface area contributed by atoms with E-state index in [4.69, 9.17) is 21.7 Å². The zero-order valence-electron chi connectivity index (χ0n) is 21.6. The van der Waals surface area contributed by atoms with Crippen molar-refractivity contribution in [3.8, 4) is 0 Å². The number of fused-ring (bicyclic) bond motifs is 3. The Bertz CT molecular complexity index is 1430. The molecule has 0 spiro atoms. The minimum absolute atomic E-state index is 0.119. The quantitative estimate of drug-likeness (QED) is 0.535. The van der Waals surface area contributed by atoms with Gasteiger partial charge in [-0.15, -0.1) is 5.10 Å². The van der Waals surface area contributed by atoms with Crippen molar-refractivity contribution in [2.24, 2.45) is 33.3 Å². The molecule has 0 saturated heterocycles. The third-order valence-corrected chi connectivity index (χ3v) is 9.91. The first-order valence-electron chi connectivity index (χ1n) is 13.2. The van der Waals surface area contributed by atoms with E-state index in [1.165, 1.54) is 24.6 Å². The van der Waals surface area contributed by atoms with Crippen LogP contribution in [0.4, 0.5) is 0 Å². The number of para-hydroxylation sites is 1. The van der Waals surface area contributed by atoms with Gasteiger partial charge in [-0.1, -0.05) is 92.2 Å². The second kappa shape index (κ2) is 9.63. The van der Waals surface area contributed by atoms with E-state index in [1.807, 2.05) is 53.5 Å². The molecule has 37 heavy (non-hydrogen) atoms. The molecule has 4 aliphatic rings. The summed E-state index contributed by atoms with van der Waals surface area (Å²) in [6.45, 7) is 7.18. The molecule has 1 saturated carbocycles. The molecule has 2 heterocycles. The van der Waals surface area contributed by atoms with Crippen LogP contribution in [0.3, 0.4) is 0 Å². The summed E-state index contributed by atoms with van der Waals surface area (Å²) >= 11 is 7.88. The van der Waals surface area contributed by atoms with Gasteiger partial charge in [0.15, 0.2) is 5.17 Å². The highest BCUT2D eigenvalue weighted by Crippen LogP contribution is 2.52. The van der Waals surface area contributed by atoms with Crippen LogP contribution in [-0.4, -0.2) is 22.2 Å². The number of amides is 1. The smallest absolute Gasteiger partial charge is 0.276 e. The Morgan fingerprint density at radius 2 is 1.95 bits per heavy atom. The van der Waals surface area contributed by atoms with Gasteiger partial charge in [0, 0.05) is 21.9 Å². The first kappa shape index (κ1) is 24.7. The molecule has 6 rings (SSSR count). The highest BCUT2D eigenvalue weighted by molar-refractivity contribution is 8.13. The monoisotopic (exact) mass is 532 g/mol. The Labute approximate surface area is 227 Å². The van der Waals surface area contributed by atoms with Gasteiger partial charge >= 0.3 is 0 Å². The number of allylic oxidation sites excluding steroid dienone is 2. The number of hydrogen-bond acceptors (Lipinski definition) is 5. The summed E-state index contributed by atoms with van der Waals surface area (Å²) < 4.78 is 0. The highest BCUT2D eigenvalue weighted by Gasteiger charge is 2.46. The molecule has 192 valence electrons. The van der Waals surface area contributed by atoms with Gasteiger partial charge in [-0.3, -0.25) is 15.1 Å². The Morgan fingerprint density at radius 3 is 2.78 bits per heavy atom. The number of halogens is 1. The number of amidine groups is 1. The van der Waals surface area contributed by atoms with Crippen molar-refractivity contribution in [3.05, 3.63) is 81.3 Å². The van der Waals surface area contributed by atoms with E-state index in [2.05, 4.69) is 32.2 Å². The average molecular weight is 533 g/mol. The number of hydrazone groups is 1. The van der Waals surface area contributed by atoms with Crippen LogP contribution in [0.15, 0.2) is 70.3 Å². The lowest BCUT2D eigenvalue weighted by molar-refractivity contribution is -0.116. The van der Waals surface area contributed by atoms with Crippen molar-refractivity contribution < 1.29 is 4.79 Å². The van der Waals surface area contributed by atoms with Gasteiger partial charge in [0.05, 0.1) is 5.36 Å². The molecule has 2 aromatic carbocycles. The number of carbonyl (C=O) groups is 1. The molecule has 0 radical (unpaired) electrons. The number of hydrogen-bond donors (Lipinski definition) is 1. The Balaban J connectivity index is 1.38. The zero-order chi connectivity index (χ0) is 25.7. The zero-order valence-corrected chi connectivity index (χ0v) is 23.1. The van der Waals surface area contributed by atoms with Gasteiger partial charge in [-0.25, -0.2) is 5.01 Å². The van der Waals surface area contributed by atoms with E-state index >= 15 is 0 Å². The van der Waals surface area contributed by atoms with Crippen LogP contribution in [0, 0.1) is 23.2 Å². The van der Waals surface area contributed by atoms with Gasteiger partial charge in [-0.05, 0) is 60.6 Å². The van der Waals surface area contributed by atoms with Crippen LogP contribution in [-0.2, 0) is 10.5 Å². The minimum Gasteiger partial charge on any atom is -0.298 e. The third-order valence-electron chi connectivity index (χ3n) is 8.63. The maximum Gasteiger partial charge on any atom is 0.276 e. The SMILES string of the molecule is C[C@@H]1CC2=CCCC(C)(C)[C@@H]2C[C@@H]1[C@@H]1N=c2ccccc2=C2C(=O)NC(SCc3ccccc3Cl)=NN21. The fraction of sp³-hybridized carbons (Fsp3) is 0.433. The van der Waals surface area contributed by atoms with E-state index in [0.29, 0.717) is 34.4 Å². The largest absolute Gasteiger partial charge is 0.298 e. The van der Waals surface area contributed by atoms with E-state index in [-0.39, 0.29) is 17.5 Å². The van der Waals surface area contributed by atoms with Gasteiger partial charge < -0.3 is 0 Å². The molecule has 7 heteroatoms. The number of carbonyl (C=O) groups excluding carboxylic acids is 1. The number of benzene rings is 2. The molecule has 5 nitrogen and oxygen atoms in total. The maximum atomic E-state index is 13.6. The summed E-state index contributed by atoms with van der Waals surface area (Å²) in [5.41, 5.74) is 3.52. The Morgan fingerprint density at radius 1 is 1.16 bits per heavy atom. The predicted molar refractivity (Wildman–Crippen MR) is 151 cm³/mol. The molecule has 1 fully saturated rings. The van der Waals surface area contributed by atoms with E-state index in [0.717, 1.165) is 34.0 Å². The summed E-state index contributed by atoms with van der Waals surface area (Å²) in [4.78, 5) is 18.8. The lowest BCUT2D eigenvalue weighted by Crippen LogP contribution is -2.56. The van der Waals surface area contributed by atoms with Crippen molar-refractivity contribution >= 4 is 40.1 Å². The molecule has 2 aliphatic heterocycles. The number of nitrogens with zero attached hydrogens (tertiary/aromatic N) is 3. The molecular formula is C30H33ClN4OS. The number of nitrogens with one attached hydrogen (secondary N) is 1. The second-order valence-electron chi connectivity index (χ2n) is 11.4. The molecule has 0 bridgehead atoms. The summed E-state index contributed by atoms with van der Waals surface area (Å²) in [5.74, 6) is 1.81. The van der Waals surface area contributed by atoms with E-state index in [1.54, 1.807) is 5.57 Å². The first-order valence-corrected chi connectivity index (χ1v) is 14.6. The fourth-order valence-electron chi connectivity index (χ4n) is 6.54. The van der Waals surface area contributed by atoms with Gasteiger partial charge in [0.25, 0.3) is 5.91 Å². The van der Waals surface area contributed by atoms with E-state index < -0.39 is 0 Å². The fourth-order valence-corrected chi connectivity index (χ4v) is 7.68. The minimum atomic E-state index is -0.207. The normalized spacial score (nSPS) is 28.2. The molecular weight excluding hydrogens is 500 g/mol. The van der Waals surface area contributed by atoms with E-state index in [9.17, 15) is 4.79 Å². The topological polar surface area (TPSA) is 57.1 Å². The second-order valence-corrected chi connectivity index (χ2v) is 12.8. The van der Waals surface area contributed by atoms with Crippen LogP contribution in [0.2, 0.25) is 5.02 Å². The van der Waals surface area contributed by atoms with Crippen LogP contribution in [0.25, 0.3) is 5.70 Å². The summed E-state index contributed by atoms with van der Waals surface area (Å²) in [7, 11) is 0. The van der Waals surface area contributed by atoms with Crippen molar-refractivity contribution in [1.29, 1.82) is 0 Å². The highest BCUT2D eigenvalue weighted by atomic mass is 35.5. The third kappa shape index (κ3) is 4.52. The molecule has 1 amide bonds. The van der Waals surface area contributed by atoms with Crippen LogP contribution >= 0.6 is 23.4 Å². The first-order chi connectivity index (χ1) is 17.8. The van der Waals surface area contributed by atoms with Gasteiger partial charge in [0.2, 0.25) is 0 Å². The van der Waals surface area contributed by atoms with Crippen molar-refractivity contribution in [3.63, 3.8) is 0 Å². The molecule has 0 aromatic heterocycles. The standard InChI is InChI=1S/C30H33ClN4OS/c1-18-15-19-10-8-14-30(2,3)23(19)16-22(18)27-32-25-13-7-5-11-21(25)26-28(36)33-29(34-35(26)27)37-17-20-9-4-6-12-24(20)31/h4-7,9-13,18,22-23,27H,8,14-17H2,1-3H3,(H,33,34,36)/t18-,22+,23-,27-/m1/s1. The van der Waals surface area contributed by atoms with Crippen molar-refractivity contribution in [1.82, 2.24) is 10.3 Å². The lowest BCUT2D eigenvalue weighted by atomic mass is 9.58. The van der Waals surface area contributed by atoms with Crippen LogP contribution < -0.4 is 15.9 Å². The van der Waals surface area contributed by atoms with Crippen LogP contribution in [0.1, 0.15) is 52.0 Å². The Hall–Kier alpha value is -2.57.